The molecule has 1 amide bonds. The van der Waals surface area contributed by atoms with Gasteiger partial charge in [-0.15, -0.1) is 0 Å². The van der Waals surface area contributed by atoms with Crippen LogP contribution in [0.1, 0.15) is 35.3 Å². The lowest BCUT2D eigenvalue weighted by Crippen LogP contribution is -2.22. The summed E-state index contributed by atoms with van der Waals surface area (Å²) < 4.78 is 41.8. The number of fused-ring (bicyclic) bond motifs is 1. The second-order valence-electron chi connectivity index (χ2n) is 7.18. The number of hydrogen-bond acceptors (Lipinski definition) is 6. The smallest absolute Gasteiger partial charge is 0.367 e. The van der Waals surface area contributed by atoms with Gasteiger partial charge in [0, 0.05) is 25.5 Å². The zero-order chi connectivity index (χ0) is 21.3. The van der Waals surface area contributed by atoms with Crippen LogP contribution < -0.4 is 16.0 Å². The van der Waals surface area contributed by atoms with Crippen molar-refractivity contribution in [3.05, 3.63) is 35.9 Å². The molecule has 1 unspecified atom stereocenters. The lowest BCUT2D eigenvalue weighted by molar-refractivity contribution is -0.140. The van der Waals surface area contributed by atoms with Gasteiger partial charge < -0.3 is 16.0 Å². The van der Waals surface area contributed by atoms with Gasteiger partial charge in [-0.25, -0.2) is 9.50 Å². The highest BCUT2D eigenvalue weighted by Crippen LogP contribution is 2.33. The number of halogens is 3. The molecule has 1 aliphatic rings. The Labute approximate surface area is 169 Å². The number of nitrogens with zero attached hydrogens (tertiary/aromatic N) is 5. The Morgan fingerprint density at radius 2 is 2.13 bits per heavy atom. The monoisotopic (exact) mass is 422 g/mol. The summed E-state index contributed by atoms with van der Waals surface area (Å²) in [6, 6.07) is 2.00. The first kappa shape index (κ1) is 20.1. The van der Waals surface area contributed by atoms with Crippen LogP contribution in [-0.4, -0.2) is 49.4 Å². The van der Waals surface area contributed by atoms with Gasteiger partial charge in [-0.1, -0.05) is 0 Å². The molecule has 0 aliphatic carbocycles. The van der Waals surface area contributed by atoms with Gasteiger partial charge in [0.15, 0.2) is 11.3 Å². The number of aromatic nitrogens is 5. The lowest BCUT2D eigenvalue weighted by Gasteiger charge is -2.16. The Hall–Kier alpha value is -3.15. The lowest BCUT2D eigenvalue weighted by atomic mass is 10.1. The molecule has 30 heavy (non-hydrogen) atoms. The van der Waals surface area contributed by atoms with Crippen LogP contribution >= 0.6 is 0 Å². The van der Waals surface area contributed by atoms with Gasteiger partial charge in [0.25, 0.3) is 5.91 Å². The molecule has 0 aromatic carbocycles. The number of alkyl halides is 3. The van der Waals surface area contributed by atoms with Gasteiger partial charge in [-0.05, 0) is 38.4 Å². The molecule has 1 fully saturated rings. The number of aryl methyl sites for hydroxylation is 1. The van der Waals surface area contributed by atoms with E-state index in [1.165, 1.54) is 17.8 Å². The number of carbonyl (C=O) groups excluding carboxylic acids is 1. The first-order valence-corrected chi connectivity index (χ1v) is 9.55. The van der Waals surface area contributed by atoms with E-state index >= 15 is 0 Å². The molecule has 3 N–H and O–H groups in total. The summed E-state index contributed by atoms with van der Waals surface area (Å²) in [6.45, 7) is 1.89. The standard InChI is InChI=1S/C18H21F3N8O/c1-28-10-13(15(27-28)18(19,20)21)25-17(30)12-9-23-29-8-5-14(26-16(12)29)24-11-3-2-6-22-7-4-11/h5,8-11,22H,2-4,6-7H2,1H3,(H,24,26)(H,25,30). The molecule has 1 atom stereocenters. The second kappa shape index (κ2) is 7.94. The van der Waals surface area contributed by atoms with Gasteiger partial charge in [-0.2, -0.15) is 23.4 Å². The van der Waals surface area contributed by atoms with Crippen molar-refractivity contribution in [2.24, 2.45) is 7.05 Å². The van der Waals surface area contributed by atoms with Crippen LogP contribution in [0.25, 0.3) is 5.65 Å². The van der Waals surface area contributed by atoms with Crippen LogP contribution in [0.5, 0.6) is 0 Å². The molecule has 3 aromatic rings. The highest BCUT2D eigenvalue weighted by Gasteiger charge is 2.37. The normalized spacial score (nSPS) is 17.7. The highest BCUT2D eigenvalue weighted by molar-refractivity contribution is 6.08. The van der Waals surface area contributed by atoms with E-state index in [2.05, 4.69) is 31.1 Å². The highest BCUT2D eigenvalue weighted by atomic mass is 19.4. The van der Waals surface area contributed by atoms with Crippen molar-refractivity contribution >= 4 is 23.1 Å². The van der Waals surface area contributed by atoms with Crippen molar-refractivity contribution in [1.82, 2.24) is 29.7 Å². The fraction of sp³-hybridized carbons (Fsp3) is 0.444. The first-order valence-electron chi connectivity index (χ1n) is 9.55. The van der Waals surface area contributed by atoms with E-state index in [9.17, 15) is 18.0 Å². The maximum atomic E-state index is 13.1. The number of anilines is 2. The average molecular weight is 422 g/mol. The van der Waals surface area contributed by atoms with Crippen molar-refractivity contribution in [3.8, 4) is 0 Å². The van der Waals surface area contributed by atoms with E-state index in [0.717, 1.165) is 43.2 Å². The molecule has 0 radical (unpaired) electrons. The van der Waals surface area contributed by atoms with Crippen molar-refractivity contribution in [2.45, 2.75) is 31.5 Å². The molecular weight excluding hydrogens is 401 g/mol. The quantitative estimate of drug-likeness (QED) is 0.597. The number of amides is 1. The third-order valence-corrected chi connectivity index (χ3v) is 4.89. The molecule has 3 aromatic heterocycles. The summed E-state index contributed by atoms with van der Waals surface area (Å²) >= 11 is 0. The molecule has 4 rings (SSSR count). The average Bonchev–Trinajstić information content (AvgIpc) is 3.17. The topological polar surface area (TPSA) is 101 Å². The molecule has 9 nitrogen and oxygen atoms in total. The minimum absolute atomic E-state index is 0.0677. The maximum Gasteiger partial charge on any atom is 0.437 e. The van der Waals surface area contributed by atoms with Crippen LogP contribution in [0.2, 0.25) is 0 Å². The summed E-state index contributed by atoms with van der Waals surface area (Å²) in [6.07, 6.45) is 2.34. The summed E-state index contributed by atoms with van der Waals surface area (Å²) in [7, 11) is 1.35. The SMILES string of the molecule is Cn1cc(NC(=O)c2cnn3ccc(NC4CCCNCC4)nc23)c(C(F)(F)F)n1. The third-order valence-electron chi connectivity index (χ3n) is 4.89. The molecular formula is C18H21F3N8O. The third kappa shape index (κ3) is 4.22. The molecule has 0 spiro atoms. The molecule has 1 aliphatic heterocycles. The van der Waals surface area contributed by atoms with Gasteiger partial charge in [0.05, 0.1) is 11.9 Å². The Balaban J connectivity index is 1.57. The van der Waals surface area contributed by atoms with Gasteiger partial charge in [-0.3, -0.25) is 9.48 Å². The van der Waals surface area contributed by atoms with E-state index in [1.54, 1.807) is 12.3 Å². The Kier molecular flexibility index (Phi) is 5.33. The van der Waals surface area contributed by atoms with Crippen molar-refractivity contribution in [2.75, 3.05) is 23.7 Å². The number of rotatable bonds is 4. The predicted molar refractivity (Wildman–Crippen MR) is 103 cm³/mol. The summed E-state index contributed by atoms with van der Waals surface area (Å²) in [5.74, 6) is -0.159. The summed E-state index contributed by atoms with van der Waals surface area (Å²) in [5.41, 5.74) is -1.26. The van der Waals surface area contributed by atoms with E-state index in [-0.39, 0.29) is 17.3 Å². The molecule has 160 valence electrons. The van der Waals surface area contributed by atoms with Crippen molar-refractivity contribution in [1.29, 1.82) is 0 Å². The van der Waals surface area contributed by atoms with Gasteiger partial charge in [0.2, 0.25) is 0 Å². The van der Waals surface area contributed by atoms with Crippen molar-refractivity contribution < 1.29 is 18.0 Å². The molecule has 0 bridgehead atoms. The minimum Gasteiger partial charge on any atom is -0.367 e. The van der Waals surface area contributed by atoms with Gasteiger partial charge >= 0.3 is 6.18 Å². The van der Waals surface area contributed by atoms with Crippen molar-refractivity contribution in [3.63, 3.8) is 0 Å². The number of carbonyl (C=O) groups is 1. The number of nitrogens with one attached hydrogen (secondary N) is 3. The van der Waals surface area contributed by atoms with Crippen LogP contribution in [0.3, 0.4) is 0 Å². The minimum atomic E-state index is -4.69. The molecule has 4 heterocycles. The molecule has 12 heteroatoms. The second-order valence-corrected chi connectivity index (χ2v) is 7.18. The summed E-state index contributed by atoms with van der Waals surface area (Å²) in [5, 5.41) is 16.4. The Morgan fingerprint density at radius 3 is 2.93 bits per heavy atom. The Bertz CT molecular complexity index is 1050. The van der Waals surface area contributed by atoms with E-state index in [4.69, 9.17) is 0 Å². The Morgan fingerprint density at radius 1 is 1.30 bits per heavy atom. The largest absolute Gasteiger partial charge is 0.437 e. The zero-order valence-corrected chi connectivity index (χ0v) is 16.2. The van der Waals surface area contributed by atoms with E-state index in [0.29, 0.717) is 5.82 Å². The van der Waals surface area contributed by atoms with Crippen LogP contribution in [0.15, 0.2) is 24.7 Å². The fourth-order valence-corrected chi connectivity index (χ4v) is 3.46. The van der Waals surface area contributed by atoms with Crippen LogP contribution in [0.4, 0.5) is 24.7 Å². The maximum absolute atomic E-state index is 13.1. The first-order chi connectivity index (χ1) is 14.3. The zero-order valence-electron chi connectivity index (χ0n) is 16.2. The van der Waals surface area contributed by atoms with Crippen LogP contribution in [0, 0.1) is 0 Å². The van der Waals surface area contributed by atoms with E-state index < -0.39 is 23.5 Å². The fourth-order valence-electron chi connectivity index (χ4n) is 3.46. The predicted octanol–water partition coefficient (Wildman–Crippen LogP) is 2.29. The van der Waals surface area contributed by atoms with Gasteiger partial charge in [0.1, 0.15) is 11.4 Å². The number of hydrogen-bond donors (Lipinski definition) is 3. The summed E-state index contributed by atoms with van der Waals surface area (Å²) in [4.78, 5) is 17.2. The van der Waals surface area contributed by atoms with Crippen LogP contribution in [-0.2, 0) is 13.2 Å². The molecule has 0 saturated carbocycles. The molecule has 1 saturated heterocycles. The van der Waals surface area contributed by atoms with E-state index in [1.807, 2.05) is 0 Å².